The van der Waals surface area contributed by atoms with E-state index < -0.39 is 0 Å². The Bertz CT molecular complexity index is 524. The lowest BCUT2D eigenvalue weighted by Gasteiger charge is -2.26. The van der Waals surface area contributed by atoms with Crippen LogP contribution in [-0.4, -0.2) is 36.5 Å². The van der Waals surface area contributed by atoms with Crippen LogP contribution in [0, 0.1) is 11.3 Å². The van der Waals surface area contributed by atoms with Gasteiger partial charge in [0.1, 0.15) is 11.6 Å². The van der Waals surface area contributed by atoms with Gasteiger partial charge in [-0.25, -0.2) is 0 Å². The van der Waals surface area contributed by atoms with Crippen LogP contribution in [0.5, 0.6) is 0 Å². The minimum absolute atomic E-state index is 0.174. The van der Waals surface area contributed by atoms with Crippen LogP contribution in [0.1, 0.15) is 18.9 Å². The Hall–Kier alpha value is -2.12. The minimum Gasteiger partial charge on any atom is -0.334 e. The highest BCUT2D eigenvalue weighted by Crippen LogP contribution is 2.14. The number of benzene rings is 1. The summed E-state index contributed by atoms with van der Waals surface area (Å²) in [5, 5.41) is 12.5. The van der Waals surface area contributed by atoms with Crippen molar-refractivity contribution in [1.82, 2.24) is 10.2 Å². The fourth-order valence-electron chi connectivity index (χ4n) is 2.49. The van der Waals surface area contributed by atoms with E-state index in [1.54, 1.807) is 11.0 Å². The van der Waals surface area contributed by atoms with Crippen molar-refractivity contribution in [3.63, 3.8) is 0 Å². The summed E-state index contributed by atoms with van der Waals surface area (Å²) in [6, 6.07) is 11.7. The highest BCUT2D eigenvalue weighted by atomic mass is 16.2. The van der Waals surface area contributed by atoms with Crippen LogP contribution in [0.15, 0.2) is 35.9 Å². The van der Waals surface area contributed by atoms with Gasteiger partial charge in [-0.05, 0) is 31.5 Å². The third-order valence-corrected chi connectivity index (χ3v) is 3.54. The predicted molar refractivity (Wildman–Crippen MR) is 78.7 cm³/mol. The molecule has 0 radical (unpaired) electrons. The van der Waals surface area contributed by atoms with Crippen LogP contribution in [0.25, 0.3) is 6.08 Å². The Morgan fingerprint density at radius 2 is 2.25 bits per heavy atom. The van der Waals surface area contributed by atoms with Gasteiger partial charge in [-0.1, -0.05) is 30.3 Å². The van der Waals surface area contributed by atoms with Gasteiger partial charge < -0.3 is 10.2 Å². The summed E-state index contributed by atoms with van der Waals surface area (Å²) in [4.78, 5) is 14.3. The standard InChI is InChI=1S/C16H19N3O/c1-2-19(15-8-9-18-12-15)16(20)14(11-17)10-13-6-4-3-5-7-13/h3-7,10,15,18H,2,8-9,12H2,1H3/b14-10+. The number of nitrogens with one attached hydrogen (secondary N) is 1. The zero-order chi connectivity index (χ0) is 14.4. The summed E-state index contributed by atoms with van der Waals surface area (Å²) in [6.07, 6.45) is 2.61. The zero-order valence-electron chi connectivity index (χ0n) is 11.7. The van der Waals surface area contributed by atoms with Crippen molar-refractivity contribution in [1.29, 1.82) is 5.26 Å². The molecule has 0 bridgehead atoms. The van der Waals surface area contributed by atoms with E-state index in [-0.39, 0.29) is 17.5 Å². The number of nitrogens with zero attached hydrogens (tertiary/aromatic N) is 2. The van der Waals surface area contributed by atoms with Gasteiger partial charge in [-0.2, -0.15) is 5.26 Å². The smallest absolute Gasteiger partial charge is 0.264 e. The first-order valence-electron chi connectivity index (χ1n) is 6.94. The van der Waals surface area contributed by atoms with E-state index in [1.807, 2.05) is 43.3 Å². The number of rotatable bonds is 4. The topological polar surface area (TPSA) is 56.1 Å². The molecular formula is C16H19N3O. The average molecular weight is 269 g/mol. The number of carbonyl (C=O) groups excluding carboxylic acids is 1. The maximum atomic E-state index is 12.5. The second-order valence-electron chi connectivity index (χ2n) is 4.82. The molecule has 0 spiro atoms. The molecule has 104 valence electrons. The van der Waals surface area contributed by atoms with Crippen molar-refractivity contribution >= 4 is 12.0 Å². The van der Waals surface area contributed by atoms with Crippen LogP contribution < -0.4 is 5.32 Å². The summed E-state index contributed by atoms with van der Waals surface area (Å²) < 4.78 is 0. The molecule has 1 aromatic rings. The van der Waals surface area contributed by atoms with E-state index in [0.29, 0.717) is 6.54 Å². The second kappa shape index (κ2) is 6.88. The maximum Gasteiger partial charge on any atom is 0.264 e. The average Bonchev–Trinajstić information content (AvgIpc) is 3.00. The Kier molecular flexibility index (Phi) is 4.91. The molecule has 0 aromatic heterocycles. The number of likely N-dealkylation sites (N-methyl/N-ethyl adjacent to an activating group) is 1. The molecule has 0 saturated carbocycles. The van der Waals surface area contributed by atoms with Crippen molar-refractivity contribution in [3.05, 3.63) is 41.5 Å². The molecule has 1 amide bonds. The molecule has 1 aliphatic rings. The molecule has 0 aliphatic carbocycles. The SMILES string of the molecule is CCN(C(=O)/C(C#N)=C/c1ccccc1)C1CCNC1. The third-order valence-electron chi connectivity index (χ3n) is 3.54. The van der Waals surface area contributed by atoms with Gasteiger partial charge in [0, 0.05) is 19.1 Å². The van der Waals surface area contributed by atoms with E-state index in [2.05, 4.69) is 5.32 Å². The van der Waals surface area contributed by atoms with Crippen molar-refractivity contribution in [2.24, 2.45) is 0 Å². The van der Waals surface area contributed by atoms with Gasteiger partial charge in [0.05, 0.1) is 0 Å². The van der Waals surface area contributed by atoms with Crippen LogP contribution in [-0.2, 0) is 4.79 Å². The molecule has 1 atom stereocenters. The highest BCUT2D eigenvalue weighted by molar-refractivity contribution is 6.01. The van der Waals surface area contributed by atoms with Crippen molar-refractivity contribution in [2.75, 3.05) is 19.6 Å². The summed E-state index contributed by atoms with van der Waals surface area (Å²) >= 11 is 0. The highest BCUT2D eigenvalue weighted by Gasteiger charge is 2.27. The van der Waals surface area contributed by atoms with E-state index in [9.17, 15) is 10.1 Å². The van der Waals surface area contributed by atoms with Gasteiger partial charge in [0.2, 0.25) is 0 Å². The van der Waals surface area contributed by atoms with E-state index in [1.165, 1.54) is 0 Å². The Morgan fingerprint density at radius 3 is 2.80 bits per heavy atom. The molecule has 1 aliphatic heterocycles. The fraction of sp³-hybridized carbons (Fsp3) is 0.375. The predicted octanol–water partition coefficient (Wildman–Crippen LogP) is 1.80. The molecular weight excluding hydrogens is 250 g/mol. The summed E-state index contributed by atoms with van der Waals surface area (Å²) in [5.41, 5.74) is 1.07. The van der Waals surface area contributed by atoms with Gasteiger partial charge in [-0.15, -0.1) is 0 Å². The second-order valence-corrected chi connectivity index (χ2v) is 4.82. The van der Waals surface area contributed by atoms with Crippen molar-refractivity contribution < 1.29 is 4.79 Å². The number of amides is 1. The van der Waals surface area contributed by atoms with E-state index in [4.69, 9.17) is 0 Å². The first kappa shape index (κ1) is 14.3. The minimum atomic E-state index is -0.174. The Balaban J connectivity index is 2.20. The lowest BCUT2D eigenvalue weighted by molar-refractivity contribution is -0.128. The molecule has 4 heteroatoms. The Labute approximate surface area is 119 Å². The van der Waals surface area contributed by atoms with Crippen LogP contribution in [0.2, 0.25) is 0 Å². The van der Waals surface area contributed by atoms with Gasteiger partial charge in [0.15, 0.2) is 0 Å². The van der Waals surface area contributed by atoms with Gasteiger partial charge in [-0.3, -0.25) is 4.79 Å². The Morgan fingerprint density at radius 1 is 1.50 bits per heavy atom. The van der Waals surface area contributed by atoms with Gasteiger partial charge >= 0.3 is 0 Å². The quantitative estimate of drug-likeness (QED) is 0.670. The van der Waals surface area contributed by atoms with Crippen LogP contribution >= 0.6 is 0 Å². The van der Waals surface area contributed by atoms with Crippen LogP contribution in [0.3, 0.4) is 0 Å². The molecule has 1 N–H and O–H groups in total. The zero-order valence-corrected chi connectivity index (χ0v) is 11.7. The normalized spacial score (nSPS) is 18.6. The largest absolute Gasteiger partial charge is 0.334 e. The lowest BCUT2D eigenvalue weighted by atomic mass is 10.1. The maximum absolute atomic E-state index is 12.5. The van der Waals surface area contributed by atoms with E-state index in [0.717, 1.165) is 25.1 Å². The third kappa shape index (κ3) is 3.25. The molecule has 1 saturated heterocycles. The molecule has 1 aromatic carbocycles. The molecule has 1 heterocycles. The first-order chi connectivity index (χ1) is 9.76. The number of carbonyl (C=O) groups is 1. The number of hydrogen-bond acceptors (Lipinski definition) is 3. The summed E-state index contributed by atoms with van der Waals surface area (Å²) in [6.45, 7) is 4.31. The molecule has 1 fully saturated rings. The lowest BCUT2D eigenvalue weighted by Crippen LogP contribution is -2.41. The monoisotopic (exact) mass is 269 g/mol. The molecule has 2 rings (SSSR count). The summed E-state index contributed by atoms with van der Waals surface area (Å²) in [5.74, 6) is -0.174. The van der Waals surface area contributed by atoms with Crippen molar-refractivity contribution in [2.45, 2.75) is 19.4 Å². The first-order valence-corrected chi connectivity index (χ1v) is 6.94. The van der Waals surface area contributed by atoms with Crippen molar-refractivity contribution in [3.8, 4) is 6.07 Å². The molecule has 20 heavy (non-hydrogen) atoms. The molecule has 1 unspecified atom stereocenters. The number of nitriles is 1. The summed E-state index contributed by atoms with van der Waals surface area (Å²) in [7, 11) is 0. The fourth-order valence-corrected chi connectivity index (χ4v) is 2.49. The molecule has 4 nitrogen and oxygen atoms in total. The number of hydrogen-bond donors (Lipinski definition) is 1. The van der Waals surface area contributed by atoms with E-state index >= 15 is 0 Å². The van der Waals surface area contributed by atoms with Gasteiger partial charge in [0.25, 0.3) is 5.91 Å². The van der Waals surface area contributed by atoms with Crippen LogP contribution in [0.4, 0.5) is 0 Å².